The molecule has 0 unspecified atom stereocenters. The van der Waals surface area contributed by atoms with Crippen molar-refractivity contribution in [2.45, 2.75) is 19.8 Å². The summed E-state index contributed by atoms with van der Waals surface area (Å²) in [4.78, 5) is 4.49. The van der Waals surface area contributed by atoms with Crippen molar-refractivity contribution in [2.24, 2.45) is 5.73 Å². The molecule has 4 nitrogen and oxygen atoms in total. The maximum atomic E-state index is 5.49. The molecule has 0 spiro atoms. The number of nitrogens with zero attached hydrogens (tertiary/aromatic N) is 3. The molecule has 0 saturated heterocycles. The van der Waals surface area contributed by atoms with Crippen molar-refractivity contribution in [1.82, 2.24) is 14.8 Å². The average molecular weight is 246 g/mol. The van der Waals surface area contributed by atoms with Crippen LogP contribution in [0.1, 0.15) is 31.2 Å². The lowest BCUT2D eigenvalue weighted by atomic mass is 10.1. The Labute approximate surface area is 105 Å². The Morgan fingerprint density at radius 2 is 2.12 bits per heavy atom. The first-order valence-electron chi connectivity index (χ1n) is 5.39. The van der Waals surface area contributed by atoms with Gasteiger partial charge in [-0.15, -0.1) is 0 Å². The van der Waals surface area contributed by atoms with Crippen molar-refractivity contribution >= 4 is 17.2 Å². The second kappa shape index (κ2) is 4.63. The van der Waals surface area contributed by atoms with Gasteiger partial charge in [0.05, 0.1) is 23.3 Å². The van der Waals surface area contributed by atoms with Gasteiger partial charge < -0.3 is 5.73 Å². The molecule has 2 aromatic heterocycles. The molecule has 0 aromatic carbocycles. The van der Waals surface area contributed by atoms with E-state index >= 15 is 0 Å². The molecule has 2 aromatic rings. The number of hydrogen-bond acceptors (Lipinski definition) is 3. The SMILES string of the molecule is CC(C)c1ccn(-c2ccc(C(N)=S)nc2)n1. The lowest BCUT2D eigenvalue weighted by molar-refractivity contribution is 0.766. The lowest BCUT2D eigenvalue weighted by Crippen LogP contribution is -2.11. The van der Waals surface area contributed by atoms with Crippen LogP contribution in [0.25, 0.3) is 5.69 Å². The summed E-state index contributed by atoms with van der Waals surface area (Å²) in [5.41, 5.74) is 8.08. The van der Waals surface area contributed by atoms with Crippen molar-refractivity contribution in [2.75, 3.05) is 0 Å². The van der Waals surface area contributed by atoms with E-state index in [9.17, 15) is 0 Å². The minimum absolute atomic E-state index is 0.305. The van der Waals surface area contributed by atoms with E-state index in [-0.39, 0.29) is 0 Å². The quantitative estimate of drug-likeness (QED) is 0.842. The average Bonchev–Trinajstić information content (AvgIpc) is 2.78. The van der Waals surface area contributed by atoms with E-state index in [2.05, 4.69) is 23.9 Å². The van der Waals surface area contributed by atoms with Crippen molar-refractivity contribution in [3.8, 4) is 5.69 Å². The highest BCUT2D eigenvalue weighted by molar-refractivity contribution is 7.80. The van der Waals surface area contributed by atoms with Gasteiger partial charge in [0.2, 0.25) is 0 Å². The maximum Gasteiger partial charge on any atom is 0.122 e. The monoisotopic (exact) mass is 246 g/mol. The normalized spacial score (nSPS) is 10.8. The maximum absolute atomic E-state index is 5.49. The van der Waals surface area contributed by atoms with E-state index in [0.717, 1.165) is 11.4 Å². The van der Waals surface area contributed by atoms with E-state index in [1.807, 2.05) is 18.3 Å². The van der Waals surface area contributed by atoms with Gasteiger partial charge in [-0.05, 0) is 24.1 Å². The number of thiocarbonyl (C=S) groups is 1. The highest BCUT2D eigenvalue weighted by Crippen LogP contribution is 2.13. The molecule has 0 atom stereocenters. The van der Waals surface area contributed by atoms with Crippen LogP contribution in [-0.2, 0) is 0 Å². The van der Waals surface area contributed by atoms with E-state index < -0.39 is 0 Å². The van der Waals surface area contributed by atoms with Gasteiger partial charge in [-0.2, -0.15) is 5.10 Å². The molecule has 0 aliphatic rings. The summed E-state index contributed by atoms with van der Waals surface area (Å²) in [7, 11) is 0. The van der Waals surface area contributed by atoms with Crippen LogP contribution in [0.4, 0.5) is 0 Å². The van der Waals surface area contributed by atoms with Crippen LogP contribution in [0, 0.1) is 0 Å². The number of rotatable bonds is 3. The third kappa shape index (κ3) is 2.50. The molecule has 5 heteroatoms. The molecular weight excluding hydrogens is 232 g/mol. The zero-order chi connectivity index (χ0) is 12.4. The van der Waals surface area contributed by atoms with E-state index in [0.29, 0.717) is 16.6 Å². The fourth-order valence-electron chi connectivity index (χ4n) is 1.46. The number of pyridine rings is 1. The smallest absolute Gasteiger partial charge is 0.122 e. The molecule has 0 amide bonds. The molecule has 88 valence electrons. The standard InChI is InChI=1S/C12H14N4S/c1-8(2)10-5-6-16(15-10)9-3-4-11(12(13)17)14-7-9/h3-8H,1-2H3,(H2,13,17). The summed E-state index contributed by atoms with van der Waals surface area (Å²) in [6, 6.07) is 5.71. The van der Waals surface area contributed by atoms with Crippen molar-refractivity contribution in [1.29, 1.82) is 0 Å². The minimum atomic E-state index is 0.305. The van der Waals surface area contributed by atoms with Crippen LogP contribution in [0.5, 0.6) is 0 Å². The van der Waals surface area contributed by atoms with E-state index in [4.69, 9.17) is 18.0 Å². The van der Waals surface area contributed by atoms with Crippen LogP contribution in [0.15, 0.2) is 30.6 Å². The summed E-state index contributed by atoms with van der Waals surface area (Å²) >= 11 is 4.85. The third-order valence-electron chi connectivity index (χ3n) is 2.47. The molecular formula is C12H14N4S. The Morgan fingerprint density at radius 1 is 1.35 bits per heavy atom. The van der Waals surface area contributed by atoms with Gasteiger partial charge in [0.15, 0.2) is 0 Å². The first-order valence-corrected chi connectivity index (χ1v) is 5.80. The van der Waals surface area contributed by atoms with Crippen LogP contribution in [0.3, 0.4) is 0 Å². The second-order valence-corrected chi connectivity index (χ2v) is 4.55. The zero-order valence-electron chi connectivity index (χ0n) is 9.79. The van der Waals surface area contributed by atoms with Gasteiger partial charge in [-0.1, -0.05) is 26.1 Å². The predicted octanol–water partition coefficient (Wildman–Crippen LogP) is 2.02. The molecule has 0 fully saturated rings. The fraction of sp³-hybridized carbons (Fsp3) is 0.250. The van der Waals surface area contributed by atoms with Gasteiger partial charge in [0, 0.05) is 6.20 Å². The van der Waals surface area contributed by atoms with Gasteiger partial charge in [0.25, 0.3) is 0 Å². The van der Waals surface area contributed by atoms with Crippen molar-refractivity contribution in [3.63, 3.8) is 0 Å². The summed E-state index contributed by atoms with van der Waals surface area (Å²) in [6.45, 7) is 4.22. The molecule has 17 heavy (non-hydrogen) atoms. The Balaban J connectivity index is 2.30. The Morgan fingerprint density at radius 3 is 2.59 bits per heavy atom. The number of hydrogen-bond donors (Lipinski definition) is 1. The van der Waals surface area contributed by atoms with Crippen molar-refractivity contribution in [3.05, 3.63) is 42.0 Å². The second-order valence-electron chi connectivity index (χ2n) is 4.11. The molecule has 2 rings (SSSR count). The summed E-state index contributed by atoms with van der Waals surface area (Å²) in [6.07, 6.45) is 3.64. The van der Waals surface area contributed by atoms with Crippen LogP contribution >= 0.6 is 12.2 Å². The Kier molecular flexibility index (Phi) is 3.19. The zero-order valence-corrected chi connectivity index (χ0v) is 10.6. The molecule has 2 heterocycles. The largest absolute Gasteiger partial charge is 0.388 e. The topological polar surface area (TPSA) is 56.7 Å². The van der Waals surface area contributed by atoms with Gasteiger partial charge in [0.1, 0.15) is 4.99 Å². The summed E-state index contributed by atoms with van der Waals surface area (Å²) < 4.78 is 1.80. The van der Waals surface area contributed by atoms with E-state index in [1.165, 1.54) is 0 Å². The third-order valence-corrected chi connectivity index (χ3v) is 2.68. The highest BCUT2D eigenvalue weighted by atomic mass is 32.1. The molecule has 0 aliphatic carbocycles. The Hall–Kier alpha value is -1.75. The number of aromatic nitrogens is 3. The van der Waals surface area contributed by atoms with Gasteiger partial charge in [-0.25, -0.2) is 4.68 Å². The predicted molar refractivity (Wildman–Crippen MR) is 71.3 cm³/mol. The molecule has 0 aliphatic heterocycles. The highest BCUT2D eigenvalue weighted by Gasteiger charge is 2.05. The van der Waals surface area contributed by atoms with Crippen LogP contribution < -0.4 is 5.73 Å². The first kappa shape index (κ1) is 11.7. The molecule has 0 bridgehead atoms. The minimum Gasteiger partial charge on any atom is -0.388 e. The Bertz CT molecular complexity index is 528. The first-order chi connectivity index (χ1) is 8.08. The van der Waals surface area contributed by atoms with Crippen LogP contribution in [0.2, 0.25) is 0 Å². The van der Waals surface area contributed by atoms with E-state index in [1.54, 1.807) is 16.9 Å². The van der Waals surface area contributed by atoms with Crippen LogP contribution in [-0.4, -0.2) is 19.8 Å². The van der Waals surface area contributed by atoms with Gasteiger partial charge >= 0.3 is 0 Å². The fourth-order valence-corrected chi connectivity index (χ4v) is 1.58. The molecule has 2 N–H and O–H groups in total. The summed E-state index contributed by atoms with van der Waals surface area (Å²) in [5, 5.41) is 4.47. The van der Waals surface area contributed by atoms with Crippen molar-refractivity contribution < 1.29 is 0 Å². The molecule has 0 radical (unpaired) electrons. The summed E-state index contributed by atoms with van der Waals surface area (Å²) in [5.74, 6) is 0.417. The number of nitrogens with two attached hydrogens (primary N) is 1. The molecule has 0 saturated carbocycles. The lowest BCUT2D eigenvalue weighted by Gasteiger charge is -2.03. The van der Waals surface area contributed by atoms with Gasteiger partial charge in [-0.3, -0.25) is 4.98 Å².